The van der Waals surface area contributed by atoms with E-state index < -0.39 is 0 Å². The molecule has 2 aromatic carbocycles. The summed E-state index contributed by atoms with van der Waals surface area (Å²) in [4.78, 5) is 0. The molecule has 0 heterocycles. The lowest BCUT2D eigenvalue weighted by Gasteiger charge is -2.12. The van der Waals surface area contributed by atoms with E-state index in [0.717, 1.165) is 38.5 Å². The Kier molecular flexibility index (Phi) is 4.54. The normalized spacial score (nSPS) is 10.6. The first-order valence-corrected chi connectivity index (χ1v) is 7.61. The Morgan fingerprint density at radius 2 is 1.68 bits per heavy atom. The summed E-state index contributed by atoms with van der Waals surface area (Å²) < 4.78 is 5.98. The van der Waals surface area contributed by atoms with Gasteiger partial charge in [-0.25, -0.2) is 0 Å². The summed E-state index contributed by atoms with van der Waals surface area (Å²) in [5, 5.41) is 1.58. The molecule has 19 heavy (non-hydrogen) atoms. The van der Waals surface area contributed by atoms with E-state index in [9.17, 15) is 0 Å². The molecule has 2 aromatic rings. The van der Waals surface area contributed by atoms with Gasteiger partial charge in [0.15, 0.2) is 0 Å². The second-order valence-corrected chi connectivity index (χ2v) is 5.66. The van der Waals surface area contributed by atoms with E-state index in [-0.39, 0.29) is 0 Å². The van der Waals surface area contributed by atoms with Crippen LogP contribution >= 0.6 is 27.5 Å². The third-order valence-electron chi connectivity index (χ3n) is 3.00. The van der Waals surface area contributed by atoms with Crippen molar-refractivity contribution in [3.8, 4) is 11.5 Å². The standard InChI is InChI=1S/C16H16BrClO/c1-10-4-5-15(13(6-10)9-17)19-14-7-11(2)16(18)12(3)8-14/h4-8H,9H2,1-3H3. The van der Waals surface area contributed by atoms with E-state index in [1.807, 2.05) is 32.0 Å². The van der Waals surface area contributed by atoms with E-state index >= 15 is 0 Å². The van der Waals surface area contributed by atoms with Crippen molar-refractivity contribution in [3.63, 3.8) is 0 Å². The van der Waals surface area contributed by atoms with Crippen LogP contribution in [-0.4, -0.2) is 0 Å². The summed E-state index contributed by atoms with van der Waals surface area (Å²) in [7, 11) is 0. The molecule has 0 aliphatic rings. The van der Waals surface area contributed by atoms with Gasteiger partial charge in [0.05, 0.1) is 0 Å². The van der Waals surface area contributed by atoms with Gasteiger partial charge in [-0.05, 0) is 50.1 Å². The van der Waals surface area contributed by atoms with Gasteiger partial charge in [0.2, 0.25) is 0 Å². The van der Waals surface area contributed by atoms with Crippen LogP contribution in [0.25, 0.3) is 0 Å². The Labute approximate surface area is 127 Å². The third kappa shape index (κ3) is 3.31. The number of aryl methyl sites for hydroxylation is 3. The van der Waals surface area contributed by atoms with Crippen LogP contribution in [0.4, 0.5) is 0 Å². The van der Waals surface area contributed by atoms with Crippen molar-refractivity contribution >= 4 is 27.5 Å². The van der Waals surface area contributed by atoms with Gasteiger partial charge in [-0.1, -0.05) is 45.2 Å². The summed E-state index contributed by atoms with van der Waals surface area (Å²) in [6.07, 6.45) is 0. The molecule has 100 valence electrons. The molecule has 1 nitrogen and oxygen atoms in total. The van der Waals surface area contributed by atoms with Crippen LogP contribution in [0, 0.1) is 20.8 Å². The highest BCUT2D eigenvalue weighted by molar-refractivity contribution is 9.08. The minimum absolute atomic E-state index is 0.773. The Morgan fingerprint density at radius 3 is 2.26 bits per heavy atom. The lowest BCUT2D eigenvalue weighted by Crippen LogP contribution is -1.92. The van der Waals surface area contributed by atoms with Gasteiger partial charge in [0.1, 0.15) is 11.5 Å². The Balaban J connectivity index is 2.36. The van der Waals surface area contributed by atoms with Crippen molar-refractivity contribution in [2.75, 3.05) is 0 Å². The van der Waals surface area contributed by atoms with Crippen LogP contribution in [0.5, 0.6) is 11.5 Å². The topological polar surface area (TPSA) is 9.23 Å². The SMILES string of the molecule is Cc1ccc(Oc2cc(C)c(Cl)c(C)c2)c(CBr)c1. The monoisotopic (exact) mass is 338 g/mol. The summed E-state index contributed by atoms with van der Waals surface area (Å²) in [6, 6.07) is 10.1. The fourth-order valence-corrected chi connectivity index (χ4v) is 2.55. The zero-order chi connectivity index (χ0) is 14.0. The van der Waals surface area contributed by atoms with E-state index in [4.69, 9.17) is 16.3 Å². The van der Waals surface area contributed by atoms with Crippen LogP contribution in [-0.2, 0) is 5.33 Å². The molecular weight excluding hydrogens is 324 g/mol. The second kappa shape index (κ2) is 5.98. The molecule has 2 rings (SSSR count). The van der Waals surface area contributed by atoms with Gasteiger partial charge < -0.3 is 4.74 Å². The maximum Gasteiger partial charge on any atom is 0.131 e. The van der Waals surface area contributed by atoms with E-state index in [1.165, 1.54) is 5.56 Å². The molecule has 0 aliphatic heterocycles. The molecule has 3 heteroatoms. The fraction of sp³-hybridized carbons (Fsp3) is 0.250. The zero-order valence-electron chi connectivity index (χ0n) is 11.3. The highest BCUT2D eigenvalue weighted by Crippen LogP contribution is 2.31. The molecule has 0 amide bonds. The molecule has 0 N–H and O–H groups in total. The Hall–Kier alpha value is -0.990. The summed E-state index contributed by atoms with van der Waals surface area (Å²) >= 11 is 9.66. The highest BCUT2D eigenvalue weighted by Gasteiger charge is 2.07. The predicted octanol–water partition coefficient (Wildman–Crippen LogP) is 5.95. The quantitative estimate of drug-likeness (QED) is 0.628. The van der Waals surface area contributed by atoms with Crippen LogP contribution in [0.3, 0.4) is 0 Å². The summed E-state index contributed by atoms with van der Waals surface area (Å²) in [5.74, 6) is 1.70. The maximum atomic E-state index is 6.17. The summed E-state index contributed by atoms with van der Waals surface area (Å²) in [6.45, 7) is 6.05. The van der Waals surface area contributed by atoms with Crippen molar-refractivity contribution in [3.05, 3.63) is 57.6 Å². The zero-order valence-corrected chi connectivity index (χ0v) is 13.6. The summed E-state index contributed by atoms with van der Waals surface area (Å²) in [5.41, 5.74) is 4.43. The number of halogens is 2. The first-order valence-electron chi connectivity index (χ1n) is 6.11. The molecule has 0 radical (unpaired) electrons. The minimum atomic E-state index is 0.773. The molecule has 0 bridgehead atoms. The van der Waals surface area contributed by atoms with E-state index in [2.05, 4.69) is 35.0 Å². The van der Waals surface area contributed by atoms with Crippen LogP contribution < -0.4 is 4.74 Å². The van der Waals surface area contributed by atoms with Gasteiger partial charge in [-0.3, -0.25) is 0 Å². The number of ether oxygens (including phenoxy) is 1. The average Bonchev–Trinajstić information content (AvgIpc) is 2.38. The van der Waals surface area contributed by atoms with Gasteiger partial charge in [0.25, 0.3) is 0 Å². The van der Waals surface area contributed by atoms with E-state index in [0.29, 0.717) is 0 Å². The molecule has 0 fully saturated rings. The van der Waals surface area contributed by atoms with Crippen molar-refractivity contribution in [2.24, 2.45) is 0 Å². The number of hydrogen-bond donors (Lipinski definition) is 0. The molecule has 0 saturated heterocycles. The first-order chi connectivity index (χ1) is 9.01. The number of rotatable bonds is 3. The maximum absolute atomic E-state index is 6.17. The molecule has 0 saturated carbocycles. The van der Waals surface area contributed by atoms with Crippen LogP contribution in [0.2, 0.25) is 5.02 Å². The van der Waals surface area contributed by atoms with Crippen molar-refractivity contribution in [1.82, 2.24) is 0 Å². The van der Waals surface area contributed by atoms with Gasteiger partial charge in [-0.15, -0.1) is 0 Å². The molecule has 0 spiro atoms. The second-order valence-electron chi connectivity index (χ2n) is 4.72. The number of alkyl halides is 1. The molecule has 0 aliphatic carbocycles. The minimum Gasteiger partial charge on any atom is -0.457 e. The van der Waals surface area contributed by atoms with Gasteiger partial charge in [-0.2, -0.15) is 0 Å². The van der Waals surface area contributed by atoms with Crippen molar-refractivity contribution in [1.29, 1.82) is 0 Å². The van der Waals surface area contributed by atoms with E-state index in [1.54, 1.807) is 0 Å². The molecular formula is C16H16BrClO. The Morgan fingerprint density at radius 1 is 1.05 bits per heavy atom. The van der Waals surface area contributed by atoms with Gasteiger partial charge >= 0.3 is 0 Å². The molecule has 0 atom stereocenters. The van der Waals surface area contributed by atoms with Crippen LogP contribution in [0.1, 0.15) is 22.3 Å². The third-order valence-corrected chi connectivity index (χ3v) is 4.20. The average molecular weight is 340 g/mol. The number of benzene rings is 2. The van der Waals surface area contributed by atoms with Crippen LogP contribution in [0.15, 0.2) is 30.3 Å². The highest BCUT2D eigenvalue weighted by atomic mass is 79.9. The smallest absolute Gasteiger partial charge is 0.131 e. The first kappa shape index (κ1) is 14.4. The lowest BCUT2D eigenvalue weighted by atomic mass is 10.1. The fourth-order valence-electron chi connectivity index (χ4n) is 2.00. The molecule has 0 aromatic heterocycles. The Bertz CT molecular complexity index is 585. The number of hydrogen-bond acceptors (Lipinski definition) is 1. The lowest BCUT2D eigenvalue weighted by molar-refractivity contribution is 0.477. The predicted molar refractivity (Wildman–Crippen MR) is 84.8 cm³/mol. The molecule has 0 unspecified atom stereocenters. The van der Waals surface area contributed by atoms with Gasteiger partial charge in [0, 0.05) is 15.9 Å². The van der Waals surface area contributed by atoms with Crippen molar-refractivity contribution in [2.45, 2.75) is 26.1 Å². The van der Waals surface area contributed by atoms with Crippen molar-refractivity contribution < 1.29 is 4.74 Å². The largest absolute Gasteiger partial charge is 0.457 e.